The molecule has 1 aliphatic rings. The molecule has 0 amide bonds. The summed E-state index contributed by atoms with van der Waals surface area (Å²) in [5.74, 6) is -4.54. The van der Waals surface area contributed by atoms with Crippen LogP contribution in [0.15, 0.2) is 66.2 Å². The Kier molecular flexibility index (Phi) is 5.93. The Labute approximate surface area is 163 Å². The number of hydrogen-bond donors (Lipinski definition) is 1. The first-order valence-electron chi connectivity index (χ1n) is 8.75. The molecule has 28 heavy (non-hydrogen) atoms. The lowest BCUT2D eigenvalue weighted by Gasteiger charge is -2.33. The predicted molar refractivity (Wildman–Crippen MR) is 99.7 cm³/mol. The fourth-order valence-electron chi connectivity index (χ4n) is 3.33. The van der Waals surface area contributed by atoms with E-state index in [-0.39, 0.29) is 17.8 Å². The van der Waals surface area contributed by atoms with Crippen LogP contribution in [-0.4, -0.2) is 38.0 Å². The van der Waals surface area contributed by atoms with Gasteiger partial charge in [0.05, 0.1) is 6.61 Å². The second-order valence-electron chi connectivity index (χ2n) is 5.98. The fourth-order valence-corrected chi connectivity index (χ4v) is 3.33. The number of methoxy groups -OCH3 is 2. The first kappa shape index (κ1) is 20.2. The van der Waals surface area contributed by atoms with E-state index in [0.29, 0.717) is 11.1 Å². The second kappa shape index (κ2) is 8.22. The molecule has 0 saturated carbocycles. The van der Waals surface area contributed by atoms with Gasteiger partial charge in [0.25, 0.3) is 5.79 Å². The highest BCUT2D eigenvalue weighted by Gasteiger charge is 2.62. The van der Waals surface area contributed by atoms with Crippen molar-refractivity contribution in [1.82, 2.24) is 0 Å². The van der Waals surface area contributed by atoms with E-state index in [1.165, 1.54) is 14.2 Å². The number of rotatable bonds is 7. The summed E-state index contributed by atoms with van der Waals surface area (Å²) in [5, 5.41) is 10.0. The van der Waals surface area contributed by atoms with Crippen LogP contribution >= 0.6 is 0 Å². The van der Waals surface area contributed by atoms with Crippen molar-refractivity contribution in [2.75, 3.05) is 20.8 Å². The maximum absolute atomic E-state index is 12.9. The molecule has 2 aromatic rings. The Balaban J connectivity index is 2.39. The number of ether oxygens (including phenoxy) is 4. The van der Waals surface area contributed by atoms with E-state index in [4.69, 9.17) is 23.8 Å². The molecule has 3 rings (SSSR count). The molecule has 7 heteroatoms. The molecule has 1 heterocycles. The molecule has 1 atom stereocenters. The third kappa shape index (κ3) is 3.13. The molecule has 1 aliphatic heterocycles. The summed E-state index contributed by atoms with van der Waals surface area (Å²) in [6.07, 6.45) is 0. The molecule has 148 valence electrons. The molecule has 0 spiro atoms. The first-order chi connectivity index (χ1) is 13.6. The van der Waals surface area contributed by atoms with Gasteiger partial charge >= 0.3 is 11.9 Å². The molecule has 1 N–H and O–H groups in total. The lowest BCUT2D eigenvalue weighted by atomic mass is 9.89. The average molecular weight is 386 g/mol. The zero-order chi connectivity index (χ0) is 20.2. The van der Waals surface area contributed by atoms with Crippen molar-refractivity contribution in [2.45, 2.75) is 18.7 Å². The van der Waals surface area contributed by atoms with Crippen molar-refractivity contribution < 1.29 is 33.9 Å². The van der Waals surface area contributed by atoms with Crippen LogP contribution in [0.5, 0.6) is 0 Å². The molecule has 0 unspecified atom stereocenters. The minimum atomic E-state index is -1.95. The number of hydrogen-bond acceptors (Lipinski definition) is 7. The largest absolute Gasteiger partial charge is 0.462 e. The summed E-state index contributed by atoms with van der Waals surface area (Å²) in [6, 6.07) is 17.6. The number of esters is 1. The van der Waals surface area contributed by atoms with Gasteiger partial charge in [-0.2, -0.15) is 4.89 Å². The SMILES string of the molecule is CCOC(=O)C1=C(c2ccccc2)[C@](OO)(c2ccccc2)OC1(OC)OC. The maximum atomic E-state index is 12.9. The van der Waals surface area contributed by atoms with Gasteiger partial charge in [0, 0.05) is 25.4 Å². The minimum Gasteiger partial charge on any atom is -0.462 e. The van der Waals surface area contributed by atoms with Gasteiger partial charge in [-0.3, -0.25) is 4.74 Å². The van der Waals surface area contributed by atoms with E-state index in [0.717, 1.165) is 0 Å². The van der Waals surface area contributed by atoms with Gasteiger partial charge in [0.2, 0.25) is 0 Å². The van der Waals surface area contributed by atoms with Gasteiger partial charge in [-0.25, -0.2) is 10.1 Å². The molecular weight excluding hydrogens is 364 g/mol. The minimum absolute atomic E-state index is 0.0524. The molecule has 0 aromatic heterocycles. The zero-order valence-electron chi connectivity index (χ0n) is 15.9. The summed E-state index contributed by atoms with van der Waals surface area (Å²) in [6.45, 7) is 1.82. The van der Waals surface area contributed by atoms with Crippen LogP contribution in [0.1, 0.15) is 18.1 Å². The Morgan fingerprint density at radius 1 is 1.00 bits per heavy atom. The van der Waals surface area contributed by atoms with E-state index in [1.54, 1.807) is 55.5 Å². The molecule has 0 saturated heterocycles. The van der Waals surface area contributed by atoms with Gasteiger partial charge in [-0.15, -0.1) is 0 Å². The van der Waals surface area contributed by atoms with Crippen LogP contribution in [0.25, 0.3) is 5.57 Å². The number of carbonyl (C=O) groups is 1. The summed E-state index contributed by atoms with van der Waals surface area (Å²) >= 11 is 0. The average Bonchev–Trinajstić information content (AvgIpc) is 3.07. The smallest absolute Gasteiger partial charge is 0.342 e. The van der Waals surface area contributed by atoms with Crippen LogP contribution in [0, 0.1) is 0 Å². The lowest BCUT2D eigenvalue weighted by Crippen LogP contribution is -2.43. The van der Waals surface area contributed by atoms with Gasteiger partial charge in [0.1, 0.15) is 5.57 Å². The van der Waals surface area contributed by atoms with Gasteiger partial charge < -0.3 is 14.2 Å². The van der Waals surface area contributed by atoms with E-state index in [9.17, 15) is 10.1 Å². The fraction of sp³-hybridized carbons (Fsp3) is 0.286. The van der Waals surface area contributed by atoms with Crippen LogP contribution in [-0.2, 0) is 34.4 Å². The normalized spacial score (nSPS) is 21.0. The van der Waals surface area contributed by atoms with Crippen molar-refractivity contribution in [1.29, 1.82) is 0 Å². The molecular formula is C21H22O7. The van der Waals surface area contributed by atoms with Gasteiger partial charge in [-0.1, -0.05) is 60.7 Å². The van der Waals surface area contributed by atoms with Crippen LogP contribution in [0.3, 0.4) is 0 Å². The highest BCUT2D eigenvalue weighted by atomic mass is 17.2. The van der Waals surface area contributed by atoms with Crippen molar-refractivity contribution in [3.8, 4) is 0 Å². The van der Waals surface area contributed by atoms with E-state index in [2.05, 4.69) is 0 Å². The first-order valence-corrected chi connectivity index (χ1v) is 8.75. The molecule has 2 aromatic carbocycles. The van der Waals surface area contributed by atoms with Crippen LogP contribution < -0.4 is 0 Å². The number of benzene rings is 2. The Morgan fingerprint density at radius 2 is 1.57 bits per heavy atom. The Hall–Kier alpha value is -2.55. The van der Waals surface area contributed by atoms with Crippen molar-refractivity contribution in [3.63, 3.8) is 0 Å². The lowest BCUT2D eigenvalue weighted by molar-refractivity contribution is -0.457. The predicted octanol–water partition coefficient (Wildman–Crippen LogP) is 3.32. The molecule has 0 radical (unpaired) electrons. The van der Waals surface area contributed by atoms with E-state index >= 15 is 0 Å². The summed E-state index contributed by atoms with van der Waals surface area (Å²) in [7, 11) is 2.65. The zero-order valence-corrected chi connectivity index (χ0v) is 15.9. The van der Waals surface area contributed by atoms with Crippen molar-refractivity contribution in [2.24, 2.45) is 0 Å². The van der Waals surface area contributed by atoms with Gasteiger partial charge in [0.15, 0.2) is 0 Å². The molecule has 0 fully saturated rings. The summed E-state index contributed by atoms with van der Waals surface area (Å²) < 4.78 is 22.2. The second-order valence-corrected chi connectivity index (χ2v) is 5.98. The Morgan fingerprint density at radius 3 is 2.07 bits per heavy atom. The molecule has 0 bridgehead atoms. The summed E-state index contributed by atoms with van der Waals surface area (Å²) in [4.78, 5) is 17.9. The number of carbonyl (C=O) groups excluding carboxylic acids is 1. The van der Waals surface area contributed by atoms with Crippen molar-refractivity contribution in [3.05, 3.63) is 77.4 Å². The standard InChI is InChI=1S/C21H22O7/c1-4-26-19(22)18-17(15-11-7-5-8-12-15)20(28-23,16-13-9-6-10-14-16)27-21(18,24-2)25-3/h5-14,23H,4H2,1-3H3/t20-/m1/s1. The van der Waals surface area contributed by atoms with Gasteiger partial charge in [-0.05, 0) is 12.5 Å². The van der Waals surface area contributed by atoms with Crippen LogP contribution in [0.4, 0.5) is 0 Å². The highest BCUT2D eigenvalue weighted by molar-refractivity contribution is 6.02. The molecule has 0 aliphatic carbocycles. The quantitative estimate of drug-likeness (QED) is 0.338. The van der Waals surface area contributed by atoms with Crippen LogP contribution in [0.2, 0.25) is 0 Å². The summed E-state index contributed by atoms with van der Waals surface area (Å²) in [5.41, 5.74) is 1.18. The topological polar surface area (TPSA) is 83.5 Å². The highest BCUT2D eigenvalue weighted by Crippen LogP contribution is 2.54. The van der Waals surface area contributed by atoms with Crippen molar-refractivity contribution >= 4 is 11.5 Å². The third-order valence-corrected chi connectivity index (χ3v) is 4.53. The monoisotopic (exact) mass is 386 g/mol. The maximum Gasteiger partial charge on any atom is 0.342 e. The Bertz CT molecular complexity index is 844. The van der Waals surface area contributed by atoms with E-state index < -0.39 is 17.7 Å². The van der Waals surface area contributed by atoms with E-state index in [1.807, 2.05) is 12.1 Å². The third-order valence-electron chi connectivity index (χ3n) is 4.53. The molecule has 7 nitrogen and oxygen atoms in total.